The normalized spacial score (nSPS) is 20.4. The summed E-state index contributed by atoms with van der Waals surface area (Å²) in [5, 5.41) is 19.4. The lowest BCUT2D eigenvalue weighted by atomic mass is 10.1. The van der Waals surface area contributed by atoms with Gasteiger partial charge in [0.05, 0.1) is 12.2 Å². The van der Waals surface area contributed by atoms with Crippen LogP contribution < -0.4 is 0 Å². The highest BCUT2D eigenvalue weighted by molar-refractivity contribution is 5.21. The molecule has 6 heteroatoms. The topological polar surface area (TPSA) is 46.9 Å². The zero-order valence-electron chi connectivity index (χ0n) is 12.2. The van der Waals surface area contributed by atoms with Gasteiger partial charge in [0.25, 0.3) is 0 Å². The fourth-order valence-electron chi connectivity index (χ4n) is 2.64. The zero-order valence-corrected chi connectivity index (χ0v) is 12.2. The van der Waals surface area contributed by atoms with Crippen molar-refractivity contribution in [1.82, 2.24) is 9.80 Å². The van der Waals surface area contributed by atoms with Crippen molar-refractivity contribution in [2.24, 2.45) is 0 Å². The third kappa shape index (κ3) is 4.71. The van der Waals surface area contributed by atoms with E-state index < -0.39 is 17.7 Å². The molecule has 0 spiro atoms. The molecule has 0 aliphatic carbocycles. The Bertz CT molecular complexity index is 463. The minimum Gasteiger partial charge on any atom is -0.392 e. The molecule has 0 unspecified atom stereocenters. The summed E-state index contributed by atoms with van der Waals surface area (Å²) in [6, 6.07) is 3.24. The molecule has 1 aliphatic heterocycles. The average Bonchev–Trinajstić information content (AvgIpc) is 2.40. The molecule has 21 heavy (non-hydrogen) atoms. The summed E-state index contributed by atoms with van der Waals surface area (Å²) in [5.74, 6) is -1.36. The average molecular weight is 300 g/mol. The molecular weight excluding hydrogens is 278 g/mol. The van der Waals surface area contributed by atoms with Gasteiger partial charge < -0.3 is 10.2 Å². The van der Waals surface area contributed by atoms with Crippen LogP contribution in [0.2, 0.25) is 0 Å². The zero-order chi connectivity index (χ0) is 15.4. The summed E-state index contributed by atoms with van der Waals surface area (Å²) in [7, 11) is 0. The lowest BCUT2D eigenvalue weighted by Crippen LogP contribution is -2.49. The fourth-order valence-corrected chi connectivity index (χ4v) is 2.64. The summed E-state index contributed by atoms with van der Waals surface area (Å²) >= 11 is 0. The Kier molecular flexibility index (Phi) is 5.64. The summed E-state index contributed by atoms with van der Waals surface area (Å²) in [5.41, 5.74) is 0.128. The molecule has 1 heterocycles. The molecule has 1 aromatic carbocycles. The number of piperazine rings is 1. The first-order valence-electron chi connectivity index (χ1n) is 7.21. The molecule has 0 amide bonds. The maximum absolute atomic E-state index is 13.6. The number of hydrogen-bond acceptors (Lipinski definition) is 4. The van der Waals surface area contributed by atoms with Crippen molar-refractivity contribution in [3.8, 4) is 0 Å². The van der Waals surface area contributed by atoms with Crippen molar-refractivity contribution in [1.29, 1.82) is 0 Å². The van der Waals surface area contributed by atoms with E-state index in [0.29, 0.717) is 13.1 Å². The molecule has 4 nitrogen and oxygen atoms in total. The molecule has 0 aromatic heterocycles. The number of aliphatic hydroxyl groups excluding tert-OH is 2. The van der Waals surface area contributed by atoms with E-state index in [4.69, 9.17) is 0 Å². The Morgan fingerprint density at radius 3 is 2.14 bits per heavy atom. The van der Waals surface area contributed by atoms with Crippen LogP contribution in [0.25, 0.3) is 0 Å². The smallest absolute Gasteiger partial charge is 0.131 e. The number of benzene rings is 1. The van der Waals surface area contributed by atoms with Crippen LogP contribution in [-0.2, 0) is 0 Å². The predicted octanol–water partition coefficient (Wildman–Crippen LogP) is 0.997. The molecule has 2 rings (SSSR count). The minimum atomic E-state index is -0.964. The maximum atomic E-state index is 13.6. The molecule has 0 radical (unpaired) electrons. The van der Waals surface area contributed by atoms with Crippen molar-refractivity contribution in [3.05, 3.63) is 35.4 Å². The number of halogens is 2. The molecule has 1 aromatic rings. The van der Waals surface area contributed by atoms with Gasteiger partial charge in [-0.2, -0.15) is 0 Å². The van der Waals surface area contributed by atoms with Crippen LogP contribution in [0.15, 0.2) is 18.2 Å². The van der Waals surface area contributed by atoms with Crippen LogP contribution in [0, 0.1) is 11.6 Å². The Hall–Kier alpha value is -1.08. The summed E-state index contributed by atoms with van der Waals surface area (Å²) in [6.07, 6.45) is -1.32. The van der Waals surface area contributed by atoms with Crippen molar-refractivity contribution < 1.29 is 19.0 Å². The fraction of sp³-hybridized carbons (Fsp3) is 0.600. The largest absolute Gasteiger partial charge is 0.392 e. The monoisotopic (exact) mass is 300 g/mol. The van der Waals surface area contributed by atoms with Crippen molar-refractivity contribution in [3.63, 3.8) is 0 Å². The lowest BCUT2D eigenvalue weighted by molar-refractivity contribution is 0.0516. The molecular formula is C15H22F2N2O2. The van der Waals surface area contributed by atoms with E-state index >= 15 is 0 Å². The van der Waals surface area contributed by atoms with Gasteiger partial charge in [-0.15, -0.1) is 0 Å². The van der Waals surface area contributed by atoms with Gasteiger partial charge >= 0.3 is 0 Å². The predicted molar refractivity (Wildman–Crippen MR) is 75.9 cm³/mol. The Morgan fingerprint density at radius 2 is 1.62 bits per heavy atom. The standard InChI is InChI=1S/C15H22F2N2O2/c1-11(20)9-18-4-6-19(7-5-18)10-15(21)13-3-2-12(16)8-14(13)17/h2-3,8,11,15,20-21H,4-7,9-10H2,1H3/t11-,15-/m0/s1. The quantitative estimate of drug-likeness (QED) is 0.851. The maximum Gasteiger partial charge on any atom is 0.131 e. The van der Waals surface area contributed by atoms with E-state index in [1.54, 1.807) is 6.92 Å². The van der Waals surface area contributed by atoms with Crippen LogP contribution in [-0.4, -0.2) is 65.4 Å². The van der Waals surface area contributed by atoms with Gasteiger partial charge in [0.15, 0.2) is 0 Å². The summed E-state index contributed by atoms with van der Waals surface area (Å²) in [6.45, 7) is 5.85. The van der Waals surface area contributed by atoms with Crippen LogP contribution in [0.3, 0.4) is 0 Å². The van der Waals surface area contributed by atoms with Crippen LogP contribution >= 0.6 is 0 Å². The third-order valence-electron chi connectivity index (χ3n) is 3.74. The van der Waals surface area contributed by atoms with E-state index in [1.807, 2.05) is 4.90 Å². The summed E-state index contributed by atoms with van der Waals surface area (Å²) < 4.78 is 26.5. The molecule has 1 fully saturated rings. The van der Waals surface area contributed by atoms with Gasteiger partial charge in [0.1, 0.15) is 11.6 Å². The number of aliphatic hydroxyl groups is 2. The van der Waals surface area contributed by atoms with Crippen molar-refractivity contribution in [2.75, 3.05) is 39.3 Å². The van der Waals surface area contributed by atoms with Crippen LogP contribution in [0.1, 0.15) is 18.6 Å². The molecule has 0 saturated carbocycles. The first kappa shape index (κ1) is 16.3. The van der Waals surface area contributed by atoms with Gasteiger partial charge in [-0.3, -0.25) is 9.80 Å². The number of β-amino-alcohol motifs (C(OH)–C–C–N with tert-alkyl or cyclic N) is 2. The Labute approximate surface area is 123 Å². The molecule has 2 N–H and O–H groups in total. The van der Waals surface area contributed by atoms with Crippen LogP contribution in [0.4, 0.5) is 8.78 Å². The highest BCUT2D eigenvalue weighted by Crippen LogP contribution is 2.19. The number of nitrogens with zero attached hydrogens (tertiary/aromatic N) is 2. The molecule has 1 saturated heterocycles. The molecule has 1 aliphatic rings. The number of hydrogen-bond donors (Lipinski definition) is 2. The van der Waals surface area contributed by atoms with E-state index in [1.165, 1.54) is 6.07 Å². The molecule has 118 valence electrons. The molecule has 0 bridgehead atoms. The van der Waals surface area contributed by atoms with Crippen molar-refractivity contribution >= 4 is 0 Å². The van der Waals surface area contributed by atoms with Crippen LogP contribution in [0.5, 0.6) is 0 Å². The second kappa shape index (κ2) is 7.26. The second-order valence-corrected chi connectivity index (χ2v) is 5.63. The van der Waals surface area contributed by atoms with E-state index in [0.717, 1.165) is 38.3 Å². The first-order chi connectivity index (χ1) is 9.95. The van der Waals surface area contributed by atoms with Gasteiger partial charge in [-0.05, 0) is 13.0 Å². The SMILES string of the molecule is C[C@H](O)CN1CCN(C[C@H](O)c2ccc(F)cc2F)CC1. The highest BCUT2D eigenvalue weighted by Gasteiger charge is 2.22. The summed E-state index contributed by atoms with van der Waals surface area (Å²) in [4.78, 5) is 4.21. The lowest BCUT2D eigenvalue weighted by Gasteiger charge is -2.36. The molecule has 2 atom stereocenters. The van der Waals surface area contributed by atoms with E-state index in [9.17, 15) is 19.0 Å². The third-order valence-corrected chi connectivity index (χ3v) is 3.74. The Morgan fingerprint density at radius 1 is 1.05 bits per heavy atom. The van der Waals surface area contributed by atoms with Gasteiger partial charge in [-0.1, -0.05) is 6.07 Å². The first-order valence-corrected chi connectivity index (χ1v) is 7.21. The Balaban J connectivity index is 1.85. The van der Waals surface area contributed by atoms with Gasteiger partial charge in [0.2, 0.25) is 0 Å². The minimum absolute atomic E-state index is 0.128. The number of rotatable bonds is 5. The van der Waals surface area contributed by atoms with E-state index in [2.05, 4.69) is 4.90 Å². The second-order valence-electron chi connectivity index (χ2n) is 5.63. The van der Waals surface area contributed by atoms with Gasteiger partial charge in [0, 0.05) is 50.9 Å². The van der Waals surface area contributed by atoms with Crippen molar-refractivity contribution in [2.45, 2.75) is 19.1 Å². The highest BCUT2D eigenvalue weighted by atomic mass is 19.1. The van der Waals surface area contributed by atoms with E-state index in [-0.39, 0.29) is 11.7 Å². The van der Waals surface area contributed by atoms with Gasteiger partial charge in [-0.25, -0.2) is 8.78 Å².